The summed E-state index contributed by atoms with van der Waals surface area (Å²) in [6, 6.07) is 0.402. The van der Waals surface area contributed by atoms with Crippen molar-refractivity contribution in [1.82, 2.24) is 14.9 Å². The van der Waals surface area contributed by atoms with Gasteiger partial charge in [0.15, 0.2) is 0 Å². The Balaban J connectivity index is 1.82. The van der Waals surface area contributed by atoms with E-state index in [1.165, 1.54) is 19.5 Å². The average Bonchev–Trinajstić information content (AvgIpc) is 2.28. The molecule has 0 radical (unpaired) electrons. The van der Waals surface area contributed by atoms with E-state index in [0.29, 0.717) is 6.04 Å². The second-order valence-electron chi connectivity index (χ2n) is 5.80. The Morgan fingerprint density at radius 1 is 1.33 bits per heavy atom. The van der Waals surface area contributed by atoms with Crippen molar-refractivity contribution in [3.05, 3.63) is 18.6 Å². The van der Waals surface area contributed by atoms with E-state index in [2.05, 4.69) is 41.0 Å². The van der Waals surface area contributed by atoms with Crippen LogP contribution in [0, 0.1) is 11.8 Å². The first-order chi connectivity index (χ1) is 8.63. The van der Waals surface area contributed by atoms with Gasteiger partial charge in [0.25, 0.3) is 0 Å². The van der Waals surface area contributed by atoms with Gasteiger partial charge in [-0.2, -0.15) is 0 Å². The third-order valence-corrected chi connectivity index (χ3v) is 3.43. The number of piperidine rings is 1. The van der Waals surface area contributed by atoms with Gasteiger partial charge < -0.3 is 10.2 Å². The van der Waals surface area contributed by atoms with Crippen molar-refractivity contribution >= 4 is 5.82 Å². The predicted molar refractivity (Wildman–Crippen MR) is 74.5 cm³/mol. The van der Waals surface area contributed by atoms with Crippen LogP contribution in [-0.4, -0.2) is 40.5 Å². The zero-order chi connectivity index (χ0) is 13.0. The lowest BCUT2D eigenvalue weighted by Crippen LogP contribution is -2.43. The Labute approximate surface area is 110 Å². The van der Waals surface area contributed by atoms with Gasteiger partial charge in [-0.05, 0) is 25.2 Å². The Hall–Kier alpha value is -1.16. The highest BCUT2D eigenvalue weighted by Crippen LogP contribution is 2.21. The fourth-order valence-electron chi connectivity index (χ4n) is 3.00. The minimum atomic E-state index is 0.402. The Kier molecular flexibility index (Phi) is 4.53. The van der Waals surface area contributed by atoms with Crippen LogP contribution in [0.5, 0.6) is 0 Å². The van der Waals surface area contributed by atoms with Crippen molar-refractivity contribution < 1.29 is 0 Å². The fraction of sp³-hybridized carbons (Fsp3) is 0.714. The molecule has 1 aromatic heterocycles. The maximum atomic E-state index is 4.25. The summed E-state index contributed by atoms with van der Waals surface area (Å²) in [5.74, 6) is 2.50. The van der Waals surface area contributed by atoms with Crippen LogP contribution >= 0.6 is 0 Å². The van der Waals surface area contributed by atoms with Gasteiger partial charge in [-0.25, -0.2) is 4.98 Å². The van der Waals surface area contributed by atoms with Gasteiger partial charge in [0, 0.05) is 38.1 Å². The molecule has 0 aromatic carbocycles. The number of nitrogens with one attached hydrogen (secondary N) is 1. The number of anilines is 1. The first kappa shape index (κ1) is 13.3. The second kappa shape index (κ2) is 6.14. The van der Waals surface area contributed by atoms with Gasteiger partial charge in [-0.3, -0.25) is 4.98 Å². The van der Waals surface area contributed by atoms with Gasteiger partial charge in [0.2, 0.25) is 0 Å². The second-order valence-corrected chi connectivity index (χ2v) is 5.80. The van der Waals surface area contributed by atoms with E-state index in [0.717, 1.165) is 24.2 Å². The molecule has 2 heterocycles. The molecule has 0 aliphatic carbocycles. The quantitative estimate of drug-likeness (QED) is 0.887. The van der Waals surface area contributed by atoms with E-state index in [4.69, 9.17) is 0 Å². The lowest BCUT2D eigenvalue weighted by Gasteiger charge is -2.36. The molecule has 100 valence electrons. The van der Waals surface area contributed by atoms with Gasteiger partial charge >= 0.3 is 0 Å². The Morgan fingerprint density at radius 3 is 2.67 bits per heavy atom. The van der Waals surface area contributed by atoms with Crippen LogP contribution in [0.3, 0.4) is 0 Å². The SMILES string of the molecule is CC1CC(C)CN(CC(C)Nc2cnccn2)C1. The van der Waals surface area contributed by atoms with Crippen LogP contribution in [0.15, 0.2) is 18.6 Å². The molecule has 3 atom stereocenters. The molecule has 1 N–H and O–H groups in total. The van der Waals surface area contributed by atoms with Crippen LogP contribution in [-0.2, 0) is 0 Å². The monoisotopic (exact) mass is 248 g/mol. The zero-order valence-corrected chi connectivity index (χ0v) is 11.6. The van der Waals surface area contributed by atoms with E-state index in [-0.39, 0.29) is 0 Å². The molecular weight excluding hydrogens is 224 g/mol. The molecule has 1 aromatic rings. The van der Waals surface area contributed by atoms with Crippen LogP contribution in [0.25, 0.3) is 0 Å². The molecule has 3 unspecified atom stereocenters. The molecule has 0 spiro atoms. The summed E-state index contributed by atoms with van der Waals surface area (Å²) in [5, 5.41) is 3.40. The summed E-state index contributed by atoms with van der Waals surface area (Å²) in [6.07, 6.45) is 6.56. The fourth-order valence-corrected chi connectivity index (χ4v) is 3.00. The average molecular weight is 248 g/mol. The molecule has 4 nitrogen and oxygen atoms in total. The normalized spacial score (nSPS) is 26.8. The summed E-state index contributed by atoms with van der Waals surface area (Å²) < 4.78 is 0. The van der Waals surface area contributed by atoms with Crippen LogP contribution in [0.4, 0.5) is 5.82 Å². The Morgan fingerprint density at radius 2 is 2.06 bits per heavy atom. The molecule has 0 amide bonds. The van der Waals surface area contributed by atoms with Crippen molar-refractivity contribution in [3.63, 3.8) is 0 Å². The highest BCUT2D eigenvalue weighted by molar-refractivity contribution is 5.31. The van der Waals surface area contributed by atoms with Gasteiger partial charge in [0.1, 0.15) is 5.82 Å². The lowest BCUT2D eigenvalue weighted by atomic mass is 9.92. The molecular formula is C14H24N4. The predicted octanol–water partition coefficient (Wildman–Crippen LogP) is 2.25. The summed E-state index contributed by atoms with van der Waals surface area (Å²) in [7, 11) is 0. The van der Waals surface area contributed by atoms with E-state index in [1.807, 2.05) is 0 Å². The van der Waals surface area contributed by atoms with Crippen molar-refractivity contribution in [2.45, 2.75) is 33.2 Å². The van der Waals surface area contributed by atoms with Gasteiger partial charge in [-0.1, -0.05) is 13.8 Å². The molecule has 0 saturated carbocycles. The lowest BCUT2D eigenvalue weighted by molar-refractivity contribution is 0.138. The maximum Gasteiger partial charge on any atom is 0.144 e. The molecule has 1 fully saturated rings. The smallest absolute Gasteiger partial charge is 0.144 e. The minimum Gasteiger partial charge on any atom is -0.365 e. The van der Waals surface area contributed by atoms with E-state index < -0.39 is 0 Å². The van der Waals surface area contributed by atoms with Gasteiger partial charge in [-0.15, -0.1) is 0 Å². The molecule has 1 aliphatic heterocycles. The highest BCUT2D eigenvalue weighted by Gasteiger charge is 2.22. The summed E-state index contributed by atoms with van der Waals surface area (Å²) in [5.41, 5.74) is 0. The number of hydrogen-bond donors (Lipinski definition) is 1. The minimum absolute atomic E-state index is 0.402. The molecule has 1 saturated heterocycles. The van der Waals surface area contributed by atoms with Crippen LogP contribution in [0.2, 0.25) is 0 Å². The Bertz CT molecular complexity index is 344. The number of nitrogens with zero attached hydrogens (tertiary/aromatic N) is 3. The van der Waals surface area contributed by atoms with Crippen molar-refractivity contribution in [2.24, 2.45) is 11.8 Å². The molecule has 0 bridgehead atoms. The first-order valence-corrected chi connectivity index (χ1v) is 6.88. The van der Waals surface area contributed by atoms with E-state index in [9.17, 15) is 0 Å². The van der Waals surface area contributed by atoms with Crippen molar-refractivity contribution in [3.8, 4) is 0 Å². The number of hydrogen-bond acceptors (Lipinski definition) is 4. The molecule has 4 heteroatoms. The summed E-state index contributed by atoms with van der Waals surface area (Å²) in [6.45, 7) is 10.4. The standard InChI is InChI=1S/C14H24N4/c1-11-6-12(2)9-18(8-11)10-13(3)17-14-7-15-4-5-16-14/h4-5,7,11-13H,6,8-10H2,1-3H3,(H,16,17). The molecule has 2 rings (SSSR count). The third kappa shape index (κ3) is 3.95. The zero-order valence-electron chi connectivity index (χ0n) is 11.6. The highest BCUT2D eigenvalue weighted by atomic mass is 15.2. The third-order valence-electron chi connectivity index (χ3n) is 3.43. The topological polar surface area (TPSA) is 41.0 Å². The molecule has 18 heavy (non-hydrogen) atoms. The van der Waals surface area contributed by atoms with Crippen LogP contribution in [0.1, 0.15) is 27.2 Å². The number of rotatable bonds is 4. The van der Waals surface area contributed by atoms with E-state index in [1.54, 1.807) is 18.6 Å². The largest absolute Gasteiger partial charge is 0.365 e. The van der Waals surface area contributed by atoms with Crippen LogP contribution < -0.4 is 5.32 Å². The van der Waals surface area contributed by atoms with Crippen molar-refractivity contribution in [1.29, 1.82) is 0 Å². The van der Waals surface area contributed by atoms with Crippen molar-refractivity contribution in [2.75, 3.05) is 25.0 Å². The van der Waals surface area contributed by atoms with E-state index >= 15 is 0 Å². The molecule has 1 aliphatic rings. The summed E-state index contributed by atoms with van der Waals surface area (Å²) >= 11 is 0. The number of aromatic nitrogens is 2. The number of likely N-dealkylation sites (tertiary alicyclic amines) is 1. The summed E-state index contributed by atoms with van der Waals surface area (Å²) in [4.78, 5) is 10.9. The first-order valence-electron chi connectivity index (χ1n) is 6.88. The maximum absolute atomic E-state index is 4.25. The van der Waals surface area contributed by atoms with Gasteiger partial charge in [0.05, 0.1) is 6.20 Å².